The largest absolute Gasteiger partial charge is 0.465 e. The minimum absolute atomic E-state index is 0.0807. The molecular weight excluding hydrogens is 400 g/mol. The summed E-state index contributed by atoms with van der Waals surface area (Å²) < 4.78 is 22.8. The van der Waals surface area contributed by atoms with Crippen molar-refractivity contribution in [3.8, 4) is 0 Å². The molecule has 0 N–H and O–H groups in total. The molecule has 0 aromatic heterocycles. The number of carbonyl (C=O) groups is 3. The van der Waals surface area contributed by atoms with Crippen LogP contribution in [0.1, 0.15) is 66.2 Å². The van der Waals surface area contributed by atoms with Crippen molar-refractivity contribution in [1.29, 1.82) is 0 Å². The second-order valence-corrected chi connectivity index (χ2v) is 10.2. The average Bonchev–Trinajstić information content (AvgIpc) is 3.35. The van der Waals surface area contributed by atoms with Crippen molar-refractivity contribution in [1.82, 2.24) is 0 Å². The highest BCUT2D eigenvalue weighted by atomic mass is 16.6. The number of cyclic esters (lactones) is 1. The fourth-order valence-corrected chi connectivity index (χ4v) is 6.79. The number of fused-ring (bicyclic) bond motifs is 2. The lowest BCUT2D eigenvalue weighted by Gasteiger charge is -2.63. The third-order valence-electron chi connectivity index (χ3n) is 8.63. The van der Waals surface area contributed by atoms with E-state index >= 15 is 0 Å². The van der Waals surface area contributed by atoms with Crippen LogP contribution in [0.5, 0.6) is 0 Å². The Morgan fingerprint density at radius 3 is 2.58 bits per heavy atom. The van der Waals surface area contributed by atoms with Gasteiger partial charge in [0.15, 0.2) is 0 Å². The number of rotatable bonds is 6. The van der Waals surface area contributed by atoms with Crippen LogP contribution in [-0.4, -0.2) is 49.4 Å². The van der Waals surface area contributed by atoms with Crippen molar-refractivity contribution in [3.05, 3.63) is 11.6 Å². The van der Waals surface area contributed by atoms with E-state index in [0.29, 0.717) is 25.6 Å². The summed E-state index contributed by atoms with van der Waals surface area (Å²) in [6, 6.07) is 0. The van der Waals surface area contributed by atoms with Gasteiger partial charge in [-0.25, -0.2) is 4.79 Å². The van der Waals surface area contributed by atoms with E-state index in [-0.39, 0.29) is 42.0 Å². The molecule has 0 unspecified atom stereocenters. The summed E-state index contributed by atoms with van der Waals surface area (Å²) in [6.45, 7) is 8.60. The Bertz CT molecular complexity index is 798. The van der Waals surface area contributed by atoms with Gasteiger partial charge in [-0.1, -0.05) is 20.3 Å². The summed E-state index contributed by atoms with van der Waals surface area (Å²) in [4.78, 5) is 35.4. The molecule has 4 aliphatic rings. The molecule has 2 aliphatic heterocycles. The molecule has 2 heterocycles. The van der Waals surface area contributed by atoms with Crippen LogP contribution in [0.15, 0.2) is 11.6 Å². The van der Waals surface area contributed by atoms with E-state index < -0.39 is 11.0 Å². The van der Waals surface area contributed by atoms with Gasteiger partial charge in [0.25, 0.3) is 0 Å². The zero-order chi connectivity index (χ0) is 22.4. The maximum atomic E-state index is 12.1. The Morgan fingerprint density at radius 1 is 1.26 bits per heavy atom. The lowest BCUT2D eigenvalue weighted by molar-refractivity contribution is -0.228. The highest BCUT2D eigenvalue weighted by molar-refractivity contribution is 5.85. The Balaban J connectivity index is 1.71. The van der Waals surface area contributed by atoms with Gasteiger partial charge in [0.05, 0.1) is 12.0 Å². The fraction of sp³-hybridized carbons (Fsp3) is 0.792. The third-order valence-corrected chi connectivity index (χ3v) is 8.63. The van der Waals surface area contributed by atoms with Crippen LogP contribution in [0.25, 0.3) is 0 Å². The Labute approximate surface area is 183 Å². The van der Waals surface area contributed by atoms with E-state index in [2.05, 4.69) is 13.8 Å². The van der Waals surface area contributed by atoms with Crippen molar-refractivity contribution < 1.29 is 33.3 Å². The van der Waals surface area contributed by atoms with Gasteiger partial charge >= 0.3 is 17.9 Å². The van der Waals surface area contributed by atoms with Crippen LogP contribution in [0, 0.1) is 22.7 Å². The molecule has 2 aliphatic carbocycles. The number of epoxide rings is 1. The Hall–Kier alpha value is -1.89. The zero-order valence-electron chi connectivity index (χ0n) is 19.0. The minimum Gasteiger partial charge on any atom is -0.465 e. The average molecular weight is 435 g/mol. The molecule has 172 valence electrons. The molecule has 31 heavy (non-hydrogen) atoms. The van der Waals surface area contributed by atoms with E-state index in [1.165, 1.54) is 13.8 Å². The molecule has 2 saturated carbocycles. The molecule has 4 rings (SSSR count). The summed E-state index contributed by atoms with van der Waals surface area (Å²) in [5, 5.41) is 0. The van der Waals surface area contributed by atoms with Gasteiger partial charge in [0.1, 0.15) is 24.9 Å². The molecule has 0 amide bonds. The zero-order valence-corrected chi connectivity index (χ0v) is 19.0. The first-order valence-corrected chi connectivity index (χ1v) is 11.4. The van der Waals surface area contributed by atoms with Gasteiger partial charge in [-0.05, 0) is 54.9 Å². The van der Waals surface area contributed by atoms with Gasteiger partial charge in [0, 0.05) is 19.9 Å². The number of hydrogen-bond acceptors (Lipinski definition) is 7. The molecule has 0 radical (unpaired) electrons. The summed E-state index contributed by atoms with van der Waals surface area (Å²) in [6.07, 6.45) is 6.54. The SMILES string of the molecule is CC(=O)OC[C@@]12[C@@H](OC(C)=O)C[C@@H](C)[C@](C)(CCC3=CC(=O)OC3)[C@H]1CCC[C@@]21CO1. The molecule has 3 fully saturated rings. The van der Waals surface area contributed by atoms with Gasteiger partial charge in [-0.15, -0.1) is 0 Å². The molecule has 7 heteroatoms. The third kappa shape index (κ3) is 3.69. The van der Waals surface area contributed by atoms with Crippen molar-refractivity contribution >= 4 is 17.9 Å². The van der Waals surface area contributed by atoms with E-state index in [9.17, 15) is 14.4 Å². The molecule has 1 spiro atoms. The summed E-state index contributed by atoms with van der Waals surface area (Å²) in [5.74, 6) is -0.445. The van der Waals surface area contributed by atoms with E-state index in [1.54, 1.807) is 6.08 Å². The molecule has 6 atom stereocenters. The molecule has 1 saturated heterocycles. The van der Waals surface area contributed by atoms with E-state index in [1.807, 2.05) is 0 Å². The normalized spacial score (nSPS) is 41.2. The summed E-state index contributed by atoms with van der Waals surface area (Å²) in [7, 11) is 0. The predicted molar refractivity (Wildman–Crippen MR) is 111 cm³/mol. The van der Waals surface area contributed by atoms with Crippen LogP contribution in [0.3, 0.4) is 0 Å². The van der Waals surface area contributed by atoms with E-state index in [4.69, 9.17) is 18.9 Å². The van der Waals surface area contributed by atoms with Crippen LogP contribution in [0.2, 0.25) is 0 Å². The molecule has 0 aromatic carbocycles. The number of hydrogen-bond donors (Lipinski definition) is 0. The molecule has 0 bridgehead atoms. The Morgan fingerprint density at radius 2 is 2.00 bits per heavy atom. The number of carbonyl (C=O) groups excluding carboxylic acids is 3. The maximum Gasteiger partial charge on any atom is 0.331 e. The topological polar surface area (TPSA) is 91.4 Å². The maximum absolute atomic E-state index is 12.1. The fourth-order valence-electron chi connectivity index (χ4n) is 6.79. The second-order valence-electron chi connectivity index (χ2n) is 10.2. The van der Waals surface area contributed by atoms with Crippen LogP contribution in [-0.2, 0) is 33.3 Å². The highest BCUT2D eigenvalue weighted by Crippen LogP contribution is 2.69. The van der Waals surface area contributed by atoms with Crippen LogP contribution >= 0.6 is 0 Å². The smallest absolute Gasteiger partial charge is 0.331 e. The first-order valence-electron chi connectivity index (χ1n) is 11.4. The second kappa shape index (κ2) is 7.91. The predicted octanol–water partition coefficient (Wildman–Crippen LogP) is 3.35. The lowest BCUT2D eigenvalue weighted by atomic mass is 9.43. The first-order chi connectivity index (χ1) is 14.6. The summed E-state index contributed by atoms with van der Waals surface area (Å²) in [5.41, 5.74) is -0.0131. The number of ether oxygens (including phenoxy) is 4. The van der Waals surface area contributed by atoms with E-state index in [0.717, 1.165) is 37.7 Å². The van der Waals surface area contributed by atoms with Gasteiger partial charge in [-0.2, -0.15) is 0 Å². The van der Waals surface area contributed by atoms with Crippen molar-refractivity contribution in [2.75, 3.05) is 19.8 Å². The minimum atomic E-state index is -0.555. The van der Waals surface area contributed by atoms with Crippen molar-refractivity contribution in [2.24, 2.45) is 22.7 Å². The van der Waals surface area contributed by atoms with Gasteiger partial charge in [-0.3, -0.25) is 9.59 Å². The quantitative estimate of drug-likeness (QED) is 0.360. The monoisotopic (exact) mass is 434 g/mol. The van der Waals surface area contributed by atoms with Crippen LogP contribution in [0.4, 0.5) is 0 Å². The van der Waals surface area contributed by atoms with Crippen molar-refractivity contribution in [3.63, 3.8) is 0 Å². The summed E-state index contributed by atoms with van der Waals surface area (Å²) >= 11 is 0. The molecular formula is C24H34O7. The molecule has 0 aromatic rings. The molecule has 7 nitrogen and oxygen atoms in total. The van der Waals surface area contributed by atoms with Crippen molar-refractivity contribution in [2.45, 2.75) is 77.9 Å². The number of esters is 3. The first kappa shape index (κ1) is 22.3. The Kier molecular flexibility index (Phi) is 5.69. The van der Waals surface area contributed by atoms with Gasteiger partial charge < -0.3 is 18.9 Å². The standard InChI is InChI=1S/C24H34O7/c1-15-10-20(31-17(3)26)24(14-29-16(2)25)19(6-5-8-23(24)13-30-23)22(15,4)9-7-18-11-21(27)28-12-18/h11,15,19-20H,5-10,12-14H2,1-4H3/t15-,19-,20+,22+,23-,24+/m1/s1. The van der Waals surface area contributed by atoms with Crippen LogP contribution < -0.4 is 0 Å². The lowest BCUT2D eigenvalue weighted by Crippen LogP contribution is -2.67. The van der Waals surface area contributed by atoms with Gasteiger partial charge in [0.2, 0.25) is 0 Å². The highest BCUT2D eigenvalue weighted by Gasteiger charge is 2.74.